The lowest BCUT2D eigenvalue weighted by molar-refractivity contribution is -0.142. The topological polar surface area (TPSA) is 52.6 Å². The van der Waals surface area contributed by atoms with Gasteiger partial charge in [0.15, 0.2) is 0 Å². The van der Waals surface area contributed by atoms with Gasteiger partial charge < -0.3 is 9.47 Å². The van der Waals surface area contributed by atoms with E-state index < -0.39 is 0 Å². The maximum absolute atomic E-state index is 11.3. The Bertz CT molecular complexity index is 435. The predicted molar refractivity (Wildman–Crippen MR) is 60.6 cm³/mol. The standard InChI is InChI=1S/C13H14O4/c1-8(14)17-10-5-3-9(4-6-10)11-7-12(11)13(15)16-2/h3-6,11-12H,7H2,1-2H3/t11-,12-/m1/s1. The van der Waals surface area contributed by atoms with Crippen LogP contribution in [0.3, 0.4) is 0 Å². The molecule has 1 fully saturated rings. The Balaban J connectivity index is 2.00. The van der Waals surface area contributed by atoms with Gasteiger partial charge in [0.2, 0.25) is 0 Å². The minimum atomic E-state index is -0.336. The number of benzene rings is 1. The molecule has 2 rings (SSSR count). The van der Waals surface area contributed by atoms with Crippen LogP contribution >= 0.6 is 0 Å². The Kier molecular flexibility index (Phi) is 3.13. The lowest BCUT2D eigenvalue weighted by Crippen LogP contribution is -2.04. The van der Waals surface area contributed by atoms with E-state index in [1.807, 2.05) is 12.1 Å². The molecule has 0 unspecified atom stereocenters. The highest BCUT2D eigenvalue weighted by atomic mass is 16.5. The molecule has 0 amide bonds. The summed E-state index contributed by atoms with van der Waals surface area (Å²) in [5.41, 5.74) is 1.08. The van der Waals surface area contributed by atoms with Crippen molar-refractivity contribution in [2.24, 2.45) is 5.92 Å². The Hall–Kier alpha value is -1.84. The normalized spacial score (nSPS) is 21.8. The largest absolute Gasteiger partial charge is 0.469 e. The van der Waals surface area contributed by atoms with Gasteiger partial charge in [0.05, 0.1) is 13.0 Å². The van der Waals surface area contributed by atoms with Gasteiger partial charge in [-0.25, -0.2) is 0 Å². The van der Waals surface area contributed by atoms with Crippen LogP contribution in [0, 0.1) is 5.92 Å². The summed E-state index contributed by atoms with van der Waals surface area (Å²) >= 11 is 0. The van der Waals surface area contributed by atoms with Crippen LogP contribution in [-0.2, 0) is 14.3 Å². The third-order valence-electron chi connectivity index (χ3n) is 2.86. The smallest absolute Gasteiger partial charge is 0.309 e. The molecule has 0 N–H and O–H groups in total. The lowest BCUT2D eigenvalue weighted by Gasteiger charge is -2.03. The molecule has 0 bridgehead atoms. The number of hydrogen-bond acceptors (Lipinski definition) is 4. The van der Waals surface area contributed by atoms with Crippen LogP contribution in [0.2, 0.25) is 0 Å². The summed E-state index contributed by atoms with van der Waals surface area (Å²) in [4.78, 5) is 22.0. The molecule has 4 heteroatoms. The Morgan fingerprint density at radius 3 is 2.41 bits per heavy atom. The van der Waals surface area contributed by atoms with Crippen LogP contribution in [0.25, 0.3) is 0 Å². The molecule has 1 aromatic carbocycles. The Morgan fingerprint density at radius 2 is 1.88 bits per heavy atom. The van der Waals surface area contributed by atoms with Gasteiger partial charge in [0.1, 0.15) is 5.75 Å². The molecule has 1 aromatic rings. The van der Waals surface area contributed by atoms with E-state index in [9.17, 15) is 9.59 Å². The minimum absolute atomic E-state index is 0.0143. The zero-order valence-electron chi connectivity index (χ0n) is 9.80. The minimum Gasteiger partial charge on any atom is -0.469 e. The van der Waals surface area contributed by atoms with E-state index in [0.29, 0.717) is 5.75 Å². The van der Waals surface area contributed by atoms with Gasteiger partial charge >= 0.3 is 11.9 Å². The first-order chi connectivity index (χ1) is 8.11. The molecule has 1 aliphatic carbocycles. The molecule has 0 heterocycles. The van der Waals surface area contributed by atoms with Gasteiger partial charge in [-0.2, -0.15) is 0 Å². The fourth-order valence-electron chi connectivity index (χ4n) is 1.92. The summed E-state index contributed by atoms with van der Waals surface area (Å²) in [6, 6.07) is 7.24. The zero-order valence-corrected chi connectivity index (χ0v) is 9.80. The van der Waals surface area contributed by atoms with Crippen molar-refractivity contribution in [1.82, 2.24) is 0 Å². The molecule has 1 aliphatic rings. The van der Waals surface area contributed by atoms with E-state index in [2.05, 4.69) is 0 Å². The third kappa shape index (κ3) is 2.64. The number of rotatable bonds is 3. The van der Waals surface area contributed by atoms with Crippen molar-refractivity contribution in [2.75, 3.05) is 7.11 Å². The second-order valence-electron chi connectivity index (χ2n) is 4.13. The highest BCUT2D eigenvalue weighted by Gasteiger charge is 2.44. The first kappa shape index (κ1) is 11.6. The molecule has 17 heavy (non-hydrogen) atoms. The fraction of sp³-hybridized carbons (Fsp3) is 0.385. The fourth-order valence-corrected chi connectivity index (χ4v) is 1.92. The van der Waals surface area contributed by atoms with Gasteiger partial charge in [0.25, 0.3) is 0 Å². The molecule has 90 valence electrons. The number of ether oxygens (including phenoxy) is 2. The first-order valence-electron chi connectivity index (χ1n) is 5.48. The van der Waals surface area contributed by atoms with E-state index in [1.165, 1.54) is 14.0 Å². The van der Waals surface area contributed by atoms with Crippen molar-refractivity contribution < 1.29 is 19.1 Å². The molecule has 0 aliphatic heterocycles. The lowest BCUT2D eigenvalue weighted by atomic mass is 10.1. The molecule has 4 nitrogen and oxygen atoms in total. The van der Waals surface area contributed by atoms with Crippen molar-refractivity contribution in [3.63, 3.8) is 0 Å². The van der Waals surface area contributed by atoms with Crippen molar-refractivity contribution in [2.45, 2.75) is 19.3 Å². The Morgan fingerprint density at radius 1 is 1.24 bits per heavy atom. The van der Waals surface area contributed by atoms with Crippen LogP contribution in [0.1, 0.15) is 24.8 Å². The average molecular weight is 234 g/mol. The van der Waals surface area contributed by atoms with E-state index in [1.54, 1.807) is 12.1 Å². The molecule has 0 radical (unpaired) electrons. The number of carbonyl (C=O) groups excluding carboxylic acids is 2. The predicted octanol–water partition coefficient (Wildman–Crippen LogP) is 1.89. The third-order valence-corrected chi connectivity index (χ3v) is 2.86. The van der Waals surface area contributed by atoms with E-state index >= 15 is 0 Å². The SMILES string of the molecule is COC(=O)[C@@H]1C[C@@H]1c1ccc(OC(C)=O)cc1. The molecule has 0 saturated heterocycles. The van der Waals surface area contributed by atoms with Gasteiger partial charge in [0, 0.05) is 6.92 Å². The molecule has 0 spiro atoms. The molecule has 0 aromatic heterocycles. The molecule has 1 saturated carbocycles. The molecular formula is C13H14O4. The van der Waals surface area contributed by atoms with Gasteiger partial charge in [-0.3, -0.25) is 9.59 Å². The Labute approximate surface area is 99.5 Å². The van der Waals surface area contributed by atoms with Gasteiger partial charge in [-0.1, -0.05) is 12.1 Å². The quantitative estimate of drug-likeness (QED) is 0.592. The molecule has 2 atom stereocenters. The highest BCUT2D eigenvalue weighted by Crippen LogP contribution is 2.48. The second kappa shape index (κ2) is 4.57. The first-order valence-corrected chi connectivity index (χ1v) is 5.48. The van der Waals surface area contributed by atoms with E-state index in [4.69, 9.17) is 9.47 Å². The summed E-state index contributed by atoms with van der Waals surface area (Å²) < 4.78 is 9.63. The van der Waals surface area contributed by atoms with Crippen molar-refractivity contribution in [3.05, 3.63) is 29.8 Å². The van der Waals surface area contributed by atoms with Gasteiger partial charge in [-0.05, 0) is 30.0 Å². The maximum atomic E-state index is 11.3. The summed E-state index contributed by atoms with van der Waals surface area (Å²) in [5, 5.41) is 0. The van der Waals surface area contributed by atoms with Crippen molar-refractivity contribution >= 4 is 11.9 Å². The van der Waals surface area contributed by atoms with Crippen LogP contribution in [0.5, 0.6) is 5.75 Å². The van der Waals surface area contributed by atoms with Crippen molar-refractivity contribution in [3.8, 4) is 5.75 Å². The summed E-state index contributed by atoms with van der Waals surface area (Å²) in [6.45, 7) is 1.36. The van der Waals surface area contributed by atoms with Crippen LogP contribution < -0.4 is 4.74 Å². The second-order valence-corrected chi connectivity index (χ2v) is 4.13. The van der Waals surface area contributed by atoms with Crippen LogP contribution in [0.4, 0.5) is 0 Å². The van der Waals surface area contributed by atoms with Crippen LogP contribution in [-0.4, -0.2) is 19.0 Å². The van der Waals surface area contributed by atoms with Crippen LogP contribution in [0.15, 0.2) is 24.3 Å². The van der Waals surface area contributed by atoms with Crippen molar-refractivity contribution in [1.29, 1.82) is 0 Å². The summed E-state index contributed by atoms with van der Waals surface area (Å²) in [6.07, 6.45) is 0.833. The zero-order chi connectivity index (χ0) is 12.4. The summed E-state index contributed by atoms with van der Waals surface area (Å²) in [5.74, 6) is 0.264. The monoisotopic (exact) mass is 234 g/mol. The number of methoxy groups -OCH3 is 1. The maximum Gasteiger partial charge on any atom is 0.309 e. The average Bonchev–Trinajstić information content (AvgIpc) is 3.08. The number of hydrogen-bond donors (Lipinski definition) is 0. The summed E-state index contributed by atoms with van der Waals surface area (Å²) in [7, 11) is 1.40. The highest BCUT2D eigenvalue weighted by molar-refractivity contribution is 5.77. The number of carbonyl (C=O) groups is 2. The van der Waals surface area contributed by atoms with E-state index in [-0.39, 0.29) is 23.8 Å². The van der Waals surface area contributed by atoms with E-state index in [0.717, 1.165) is 12.0 Å². The molecular weight excluding hydrogens is 220 g/mol. The van der Waals surface area contributed by atoms with Gasteiger partial charge in [-0.15, -0.1) is 0 Å². The number of esters is 2.